The number of nitrogens with one attached hydrogen (secondary N) is 2. The highest BCUT2D eigenvalue weighted by molar-refractivity contribution is 6.33. The van der Waals surface area contributed by atoms with Crippen LogP contribution in [0.5, 0.6) is 5.75 Å². The van der Waals surface area contributed by atoms with Gasteiger partial charge in [0.2, 0.25) is 11.9 Å². The zero-order valence-corrected chi connectivity index (χ0v) is 30.6. The Morgan fingerprint density at radius 2 is 1.32 bits per heavy atom. The minimum atomic E-state index is -4.86. The quantitative estimate of drug-likeness (QED) is 0.120. The fourth-order valence-corrected chi connectivity index (χ4v) is 8.36. The van der Waals surface area contributed by atoms with Crippen molar-refractivity contribution in [2.45, 2.75) is 69.1 Å². The molecular formula is C37H30Cl2F6N6O5. The Kier molecular flexibility index (Phi) is 10.7. The third-order valence-corrected chi connectivity index (χ3v) is 10.9. The van der Waals surface area contributed by atoms with Crippen molar-refractivity contribution in [1.29, 1.82) is 0 Å². The maximum absolute atomic E-state index is 14.3. The van der Waals surface area contributed by atoms with Crippen molar-refractivity contribution in [1.82, 2.24) is 19.8 Å². The Labute approximate surface area is 324 Å². The van der Waals surface area contributed by atoms with Gasteiger partial charge < -0.3 is 29.9 Å². The van der Waals surface area contributed by atoms with E-state index in [4.69, 9.17) is 23.2 Å². The summed E-state index contributed by atoms with van der Waals surface area (Å²) in [6.07, 6.45) is 1.45. The second-order valence-corrected chi connectivity index (χ2v) is 14.2. The van der Waals surface area contributed by atoms with Gasteiger partial charge in [-0.05, 0) is 92.1 Å². The molecular weight excluding hydrogens is 793 g/mol. The molecule has 0 spiro atoms. The molecule has 4 aliphatic heterocycles. The number of carbonyl (C=O) groups excluding carboxylic acids is 3. The Morgan fingerprint density at radius 3 is 1.84 bits per heavy atom. The van der Waals surface area contributed by atoms with E-state index >= 15 is 0 Å². The first-order chi connectivity index (χ1) is 26.6. The van der Waals surface area contributed by atoms with Crippen molar-refractivity contribution in [3.05, 3.63) is 110 Å². The summed E-state index contributed by atoms with van der Waals surface area (Å²) in [5.41, 5.74) is 2.53. The number of methoxy groups -OCH3 is 1. The number of hydrogen-bond acceptors (Lipinski definition) is 7. The number of amides is 4. The summed E-state index contributed by atoms with van der Waals surface area (Å²) in [5, 5.41) is 4.76. The van der Waals surface area contributed by atoms with Gasteiger partial charge in [0, 0.05) is 41.3 Å². The molecule has 2 aromatic heterocycles. The van der Waals surface area contributed by atoms with Crippen LogP contribution >= 0.6 is 23.2 Å². The van der Waals surface area contributed by atoms with Gasteiger partial charge in [-0.2, -0.15) is 8.78 Å². The zero-order chi connectivity index (χ0) is 40.1. The molecule has 2 fully saturated rings. The summed E-state index contributed by atoms with van der Waals surface area (Å²) in [4.78, 5) is 48.1. The number of pyridine rings is 2. The van der Waals surface area contributed by atoms with Crippen LogP contribution in [0.25, 0.3) is 0 Å². The van der Waals surface area contributed by atoms with Gasteiger partial charge in [0.25, 0.3) is 0 Å². The van der Waals surface area contributed by atoms with Crippen LogP contribution in [0, 0.1) is 17.7 Å². The van der Waals surface area contributed by atoms with Gasteiger partial charge >= 0.3 is 24.4 Å². The molecule has 4 amide bonds. The average Bonchev–Trinajstić information content (AvgIpc) is 3.64. The number of hydrogen-bond donors (Lipinski definition) is 2. The zero-order valence-electron chi connectivity index (χ0n) is 29.1. The van der Waals surface area contributed by atoms with Crippen molar-refractivity contribution < 1.29 is 50.2 Å². The number of fused-ring (bicyclic) bond motifs is 8. The predicted molar refractivity (Wildman–Crippen MR) is 190 cm³/mol. The van der Waals surface area contributed by atoms with Crippen molar-refractivity contribution >= 4 is 52.6 Å². The summed E-state index contributed by atoms with van der Waals surface area (Å²) >= 11 is 11.7. The molecule has 0 aliphatic carbocycles. The van der Waals surface area contributed by atoms with E-state index in [2.05, 4.69) is 30.1 Å². The molecule has 0 saturated carbocycles. The van der Waals surface area contributed by atoms with E-state index in [-0.39, 0.29) is 51.2 Å². The van der Waals surface area contributed by atoms with Gasteiger partial charge in [-0.3, -0.25) is 0 Å². The molecule has 2 aromatic carbocycles. The second-order valence-electron chi connectivity index (χ2n) is 13.4. The van der Waals surface area contributed by atoms with E-state index in [0.717, 1.165) is 35.7 Å². The number of urea groups is 2. The van der Waals surface area contributed by atoms with Gasteiger partial charge in [-0.25, -0.2) is 28.7 Å². The minimum Gasteiger partial charge on any atom is -0.465 e. The van der Waals surface area contributed by atoms with Gasteiger partial charge in [0.15, 0.2) is 0 Å². The lowest BCUT2D eigenvalue weighted by Crippen LogP contribution is -2.44. The molecule has 4 aliphatic rings. The fourth-order valence-electron chi connectivity index (χ4n) is 7.92. The van der Waals surface area contributed by atoms with Crippen LogP contribution < -0.4 is 15.4 Å². The van der Waals surface area contributed by atoms with Crippen LogP contribution in [-0.4, -0.2) is 63.4 Å². The molecule has 56 heavy (non-hydrogen) atoms. The van der Waals surface area contributed by atoms with E-state index in [1.807, 2.05) is 0 Å². The van der Waals surface area contributed by atoms with Crippen molar-refractivity contribution in [3.63, 3.8) is 0 Å². The number of aromatic nitrogens is 2. The molecule has 6 heterocycles. The molecule has 4 bridgehead atoms. The molecule has 2 N–H and O–H groups in total. The van der Waals surface area contributed by atoms with Crippen LogP contribution in [0.2, 0.25) is 10.0 Å². The normalized spacial score (nSPS) is 20.3. The number of benzene rings is 2. The lowest BCUT2D eigenvalue weighted by Gasteiger charge is -2.36. The standard InChI is InChI=1S/C19H16ClF2N3O3.C18H14ClF4N3O2/c1-28-18(26)12-7-15(14(21)8-13(12)20)24-19(27)25-9-2-3-16(25)10-4-5-23-17(22)11(10)6-9;19-13-7-9(1-4-15(13)28-18(21,22)23)25-17(27)26-10-2-3-14(26)11-5-6-24-16(20)12(11)8-10/h4-5,7-9,16H,2-3,6H2,1H3,(H,24,27);1,4-7,10,14H,2-3,8H2,(H,25,27)/t9-,16+;10-,14+/m11/s1. The van der Waals surface area contributed by atoms with Crippen LogP contribution in [0.1, 0.15) is 70.4 Å². The third kappa shape index (κ3) is 7.61. The van der Waals surface area contributed by atoms with Gasteiger partial charge in [-0.15, -0.1) is 13.2 Å². The number of anilines is 2. The molecule has 4 aromatic rings. The first-order valence-corrected chi connectivity index (χ1v) is 18.0. The second kappa shape index (κ2) is 15.3. The maximum atomic E-state index is 14.3. The molecule has 4 atom stereocenters. The fraction of sp³-hybridized carbons (Fsp3) is 0.324. The molecule has 294 valence electrons. The summed E-state index contributed by atoms with van der Waals surface area (Å²) in [6, 6.07) is 7.12. The molecule has 8 rings (SSSR count). The van der Waals surface area contributed by atoms with Crippen molar-refractivity contribution in [2.75, 3.05) is 17.7 Å². The van der Waals surface area contributed by atoms with Crippen LogP contribution in [0.15, 0.2) is 54.9 Å². The number of ether oxygens (including phenoxy) is 2. The van der Waals surface area contributed by atoms with Crippen molar-refractivity contribution in [2.24, 2.45) is 0 Å². The number of nitrogens with zero attached hydrogens (tertiary/aromatic N) is 4. The Balaban J connectivity index is 0.000000172. The molecule has 11 nitrogen and oxygen atoms in total. The Bertz CT molecular complexity index is 2230. The minimum absolute atomic E-state index is 0.0547. The highest BCUT2D eigenvalue weighted by atomic mass is 35.5. The highest BCUT2D eigenvalue weighted by Gasteiger charge is 2.45. The molecule has 0 unspecified atom stereocenters. The van der Waals surface area contributed by atoms with E-state index in [1.54, 1.807) is 21.9 Å². The third-order valence-electron chi connectivity index (χ3n) is 10.3. The molecule has 19 heteroatoms. The average molecular weight is 824 g/mol. The number of esters is 1. The summed E-state index contributed by atoms with van der Waals surface area (Å²) in [7, 11) is 1.18. The van der Waals surface area contributed by atoms with E-state index in [9.17, 15) is 40.7 Å². The smallest absolute Gasteiger partial charge is 0.465 e. The van der Waals surface area contributed by atoms with Crippen LogP contribution in [0.3, 0.4) is 0 Å². The summed E-state index contributed by atoms with van der Waals surface area (Å²) in [6.45, 7) is 0. The van der Waals surface area contributed by atoms with Crippen molar-refractivity contribution in [3.8, 4) is 5.75 Å². The summed E-state index contributed by atoms with van der Waals surface area (Å²) < 4.78 is 87.7. The number of halogens is 8. The van der Waals surface area contributed by atoms with Gasteiger partial charge in [0.1, 0.15) is 11.6 Å². The Morgan fingerprint density at radius 1 is 0.768 bits per heavy atom. The summed E-state index contributed by atoms with van der Waals surface area (Å²) in [5.74, 6) is -3.09. The SMILES string of the molecule is COC(=O)c1cc(NC(=O)N2[C@@H]3CC[C@H]2c2ccnc(F)c2C3)c(F)cc1Cl.O=C(Nc1ccc(OC(F)(F)F)c(Cl)c1)N1[C@@H]2CC[C@H]1c1ccnc(F)c1C2. The Hall–Kier alpha value is -5.29. The molecule has 0 radical (unpaired) electrons. The first-order valence-electron chi connectivity index (χ1n) is 17.2. The number of rotatable bonds is 4. The maximum Gasteiger partial charge on any atom is 0.573 e. The predicted octanol–water partition coefficient (Wildman–Crippen LogP) is 9.16. The number of carbonyl (C=O) groups is 3. The molecule has 2 saturated heterocycles. The van der Waals surface area contributed by atoms with E-state index in [0.29, 0.717) is 43.2 Å². The first kappa shape index (κ1) is 39.0. The monoisotopic (exact) mass is 822 g/mol. The highest BCUT2D eigenvalue weighted by Crippen LogP contribution is 2.46. The van der Waals surface area contributed by atoms with Gasteiger partial charge in [-0.1, -0.05) is 23.2 Å². The lowest BCUT2D eigenvalue weighted by molar-refractivity contribution is -0.274. The van der Waals surface area contributed by atoms with Gasteiger partial charge in [0.05, 0.1) is 40.5 Å². The largest absolute Gasteiger partial charge is 0.573 e. The lowest BCUT2D eigenvalue weighted by atomic mass is 9.95. The van der Waals surface area contributed by atoms with E-state index in [1.165, 1.54) is 31.6 Å². The van der Waals surface area contributed by atoms with Crippen LogP contribution in [-0.2, 0) is 17.6 Å². The van der Waals surface area contributed by atoms with E-state index < -0.39 is 47.9 Å². The van der Waals surface area contributed by atoms with Crippen LogP contribution in [0.4, 0.5) is 47.3 Å². The number of alkyl halides is 3. The topological polar surface area (TPSA) is 126 Å².